The SMILES string of the molecule is CCOCCC(F)(F)C(F)(F)S(=O)(=O)O. The van der Waals surface area contributed by atoms with E-state index in [0.717, 1.165) is 0 Å². The van der Waals surface area contributed by atoms with Crippen molar-refractivity contribution in [3.63, 3.8) is 0 Å². The predicted octanol–water partition coefficient (Wildman–Crippen LogP) is 1.53. The van der Waals surface area contributed by atoms with E-state index in [1.165, 1.54) is 6.92 Å². The minimum atomic E-state index is -6.14. The summed E-state index contributed by atoms with van der Waals surface area (Å²) in [5.74, 6) is -4.87. The lowest BCUT2D eigenvalue weighted by atomic mass is 10.2. The molecular weight excluding hydrogens is 244 g/mol. The third-order valence-electron chi connectivity index (χ3n) is 1.51. The Kier molecular flexibility index (Phi) is 4.49. The molecule has 0 radical (unpaired) electrons. The molecular formula is C6H10F4O4S. The quantitative estimate of drug-likeness (QED) is 0.443. The minimum absolute atomic E-state index is 0.0352. The van der Waals surface area contributed by atoms with Crippen LogP contribution in [0.1, 0.15) is 13.3 Å². The molecule has 0 aromatic rings. The highest BCUT2D eigenvalue weighted by atomic mass is 32.2. The van der Waals surface area contributed by atoms with Crippen molar-refractivity contribution in [1.29, 1.82) is 0 Å². The van der Waals surface area contributed by atoms with Crippen LogP contribution in [0, 0.1) is 0 Å². The van der Waals surface area contributed by atoms with Gasteiger partial charge in [-0.25, -0.2) is 0 Å². The van der Waals surface area contributed by atoms with E-state index in [9.17, 15) is 26.0 Å². The van der Waals surface area contributed by atoms with Gasteiger partial charge < -0.3 is 4.74 Å². The summed E-state index contributed by atoms with van der Waals surface area (Å²) < 4.78 is 82.6. The van der Waals surface area contributed by atoms with Crippen molar-refractivity contribution in [2.24, 2.45) is 0 Å². The molecule has 0 spiro atoms. The van der Waals surface area contributed by atoms with Gasteiger partial charge in [-0.05, 0) is 6.92 Å². The normalized spacial score (nSPS) is 14.3. The van der Waals surface area contributed by atoms with Gasteiger partial charge >= 0.3 is 21.3 Å². The lowest BCUT2D eigenvalue weighted by Gasteiger charge is -2.23. The van der Waals surface area contributed by atoms with Crippen molar-refractivity contribution in [1.82, 2.24) is 0 Å². The average Bonchev–Trinajstić information content (AvgIpc) is 2.02. The number of hydrogen-bond donors (Lipinski definition) is 1. The van der Waals surface area contributed by atoms with Gasteiger partial charge in [0.2, 0.25) is 0 Å². The summed E-state index contributed by atoms with van der Waals surface area (Å²) in [6.45, 7) is 0.765. The summed E-state index contributed by atoms with van der Waals surface area (Å²) >= 11 is 0. The zero-order valence-corrected chi connectivity index (χ0v) is 8.53. The second-order valence-corrected chi connectivity index (χ2v) is 4.11. The Hall–Kier alpha value is -0.410. The molecule has 0 fully saturated rings. The van der Waals surface area contributed by atoms with Gasteiger partial charge in [0.05, 0.1) is 6.61 Å². The Labute approximate surface area is 84.0 Å². The first-order chi connectivity index (χ1) is 6.56. The van der Waals surface area contributed by atoms with Crippen LogP contribution >= 0.6 is 0 Å². The van der Waals surface area contributed by atoms with Crippen molar-refractivity contribution in [2.75, 3.05) is 13.2 Å². The first kappa shape index (κ1) is 14.6. The molecule has 0 saturated carbocycles. The fraction of sp³-hybridized carbons (Fsp3) is 1.00. The Morgan fingerprint density at radius 2 is 1.73 bits per heavy atom. The Morgan fingerprint density at radius 3 is 2.07 bits per heavy atom. The maximum atomic E-state index is 12.7. The standard InChI is InChI=1S/C6H10F4O4S/c1-2-14-4-3-5(7,8)6(9,10)15(11,12)13/h2-4H2,1H3,(H,11,12,13). The van der Waals surface area contributed by atoms with E-state index >= 15 is 0 Å². The number of hydrogen-bond acceptors (Lipinski definition) is 3. The van der Waals surface area contributed by atoms with Gasteiger partial charge in [-0.2, -0.15) is 26.0 Å². The topological polar surface area (TPSA) is 63.6 Å². The van der Waals surface area contributed by atoms with Gasteiger partial charge in [-0.3, -0.25) is 4.55 Å². The summed E-state index contributed by atoms with van der Waals surface area (Å²) in [6, 6.07) is 0. The van der Waals surface area contributed by atoms with Gasteiger partial charge in [0, 0.05) is 13.0 Å². The molecule has 1 N–H and O–H groups in total. The number of ether oxygens (including phenoxy) is 1. The maximum absolute atomic E-state index is 12.7. The highest BCUT2D eigenvalue weighted by molar-refractivity contribution is 7.87. The molecule has 15 heavy (non-hydrogen) atoms. The van der Waals surface area contributed by atoms with Crippen LogP contribution in [0.3, 0.4) is 0 Å². The molecule has 4 nitrogen and oxygen atoms in total. The number of rotatable bonds is 6. The molecule has 0 aliphatic carbocycles. The van der Waals surface area contributed by atoms with Gasteiger partial charge in [0.25, 0.3) is 0 Å². The average molecular weight is 254 g/mol. The lowest BCUT2D eigenvalue weighted by molar-refractivity contribution is -0.170. The molecule has 0 aromatic carbocycles. The van der Waals surface area contributed by atoms with E-state index in [4.69, 9.17) is 4.55 Å². The van der Waals surface area contributed by atoms with E-state index in [1.54, 1.807) is 0 Å². The monoisotopic (exact) mass is 254 g/mol. The summed E-state index contributed by atoms with van der Waals surface area (Å²) in [5, 5.41) is -5.50. The zero-order chi connectivity index (χ0) is 12.3. The van der Waals surface area contributed by atoms with Gasteiger partial charge in [-0.15, -0.1) is 0 Å². The highest BCUT2D eigenvalue weighted by Crippen LogP contribution is 2.40. The van der Waals surface area contributed by atoms with Crippen molar-refractivity contribution in [3.05, 3.63) is 0 Å². The number of halogens is 4. The second kappa shape index (κ2) is 4.62. The fourth-order valence-corrected chi connectivity index (χ4v) is 1.16. The molecule has 92 valence electrons. The Morgan fingerprint density at radius 1 is 1.27 bits per heavy atom. The molecule has 0 saturated heterocycles. The van der Waals surface area contributed by atoms with Gasteiger partial charge in [0.1, 0.15) is 0 Å². The van der Waals surface area contributed by atoms with E-state index in [2.05, 4.69) is 4.74 Å². The van der Waals surface area contributed by atoms with Crippen molar-refractivity contribution < 1.29 is 35.3 Å². The van der Waals surface area contributed by atoms with Crippen LogP contribution in [0.4, 0.5) is 17.6 Å². The third-order valence-corrected chi connectivity index (χ3v) is 2.46. The Balaban J connectivity index is 4.71. The Bertz CT molecular complexity index is 300. The number of alkyl halides is 4. The lowest BCUT2D eigenvalue weighted by Crippen LogP contribution is -2.47. The van der Waals surface area contributed by atoms with Gasteiger partial charge in [-0.1, -0.05) is 0 Å². The van der Waals surface area contributed by atoms with Crippen LogP contribution < -0.4 is 0 Å². The van der Waals surface area contributed by atoms with E-state index < -0.39 is 34.3 Å². The van der Waals surface area contributed by atoms with Crippen molar-refractivity contribution in [2.45, 2.75) is 24.5 Å². The molecule has 0 unspecified atom stereocenters. The molecule has 0 aromatic heterocycles. The fourth-order valence-electron chi connectivity index (χ4n) is 0.679. The van der Waals surface area contributed by atoms with Crippen LogP contribution in [0.2, 0.25) is 0 Å². The van der Waals surface area contributed by atoms with Crippen molar-refractivity contribution >= 4 is 10.1 Å². The minimum Gasteiger partial charge on any atom is -0.382 e. The van der Waals surface area contributed by atoms with Crippen LogP contribution in [0.25, 0.3) is 0 Å². The highest BCUT2D eigenvalue weighted by Gasteiger charge is 2.65. The molecule has 0 bridgehead atoms. The molecule has 0 heterocycles. The molecule has 0 rings (SSSR count). The predicted molar refractivity (Wildman–Crippen MR) is 42.6 cm³/mol. The van der Waals surface area contributed by atoms with Crippen LogP contribution in [0.5, 0.6) is 0 Å². The second-order valence-electron chi connectivity index (χ2n) is 2.64. The molecule has 0 aliphatic heterocycles. The van der Waals surface area contributed by atoms with E-state index in [0.29, 0.717) is 0 Å². The third kappa shape index (κ3) is 3.28. The van der Waals surface area contributed by atoms with Crippen molar-refractivity contribution in [3.8, 4) is 0 Å². The summed E-state index contributed by atoms with van der Waals surface area (Å²) in [5.41, 5.74) is 0. The largest absolute Gasteiger partial charge is 0.431 e. The summed E-state index contributed by atoms with van der Waals surface area (Å²) in [6.07, 6.45) is -1.49. The molecule has 0 atom stereocenters. The van der Waals surface area contributed by atoms with Crippen LogP contribution in [-0.4, -0.2) is 37.4 Å². The molecule has 0 aliphatic rings. The first-order valence-electron chi connectivity index (χ1n) is 3.86. The maximum Gasteiger partial charge on any atom is 0.431 e. The zero-order valence-electron chi connectivity index (χ0n) is 7.71. The van der Waals surface area contributed by atoms with E-state index in [-0.39, 0.29) is 6.61 Å². The summed E-state index contributed by atoms with van der Waals surface area (Å²) in [7, 11) is -6.14. The van der Waals surface area contributed by atoms with Gasteiger partial charge in [0.15, 0.2) is 0 Å². The van der Waals surface area contributed by atoms with Crippen LogP contribution in [-0.2, 0) is 14.9 Å². The smallest absolute Gasteiger partial charge is 0.382 e. The first-order valence-corrected chi connectivity index (χ1v) is 5.30. The molecule has 0 amide bonds. The van der Waals surface area contributed by atoms with Crippen LogP contribution in [0.15, 0.2) is 0 Å². The van der Waals surface area contributed by atoms with E-state index in [1.807, 2.05) is 0 Å². The molecule has 9 heteroatoms. The summed E-state index contributed by atoms with van der Waals surface area (Å²) in [4.78, 5) is 0.